The molecule has 2 amide bonds. The number of amides is 2. The maximum atomic E-state index is 13.5. The number of ether oxygens (including phenoxy) is 2. The molecule has 1 N–H and O–H groups in total. The predicted octanol–water partition coefficient (Wildman–Crippen LogP) is 3.49. The molecule has 10 heteroatoms. The highest BCUT2D eigenvalue weighted by atomic mass is 19.4. The SMILES string of the molecule is CCNC(=O)N1CCC2(CC1)CN(c1ccc(C#N)c(C(F)(F)F)c1)CC2COCCOC. The Balaban J connectivity index is 1.81. The van der Waals surface area contributed by atoms with Crippen molar-refractivity contribution in [1.29, 1.82) is 5.26 Å². The van der Waals surface area contributed by atoms with Crippen molar-refractivity contribution in [1.82, 2.24) is 10.2 Å². The molecule has 1 aromatic rings. The van der Waals surface area contributed by atoms with E-state index >= 15 is 0 Å². The molecule has 2 aliphatic heterocycles. The minimum absolute atomic E-state index is 0.0861. The van der Waals surface area contributed by atoms with Crippen LogP contribution in [0, 0.1) is 22.7 Å². The summed E-state index contributed by atoms with van der Waals surface area (Å²) < 4.78 is 51.4. The Hall–Kier alpha value is -2.51. The van der Waals surface area contributed by atoms with Gasteiger partial charge in [-0.05, 0) is 43.4 Å². The average Bonchev–Trinajstić information content (AvgIpc) is 3.14. The maximum Gasteiger partial charge on any atom is 0.417 e. The molecule has 0 aliphatic carbocycles. The number of hydrogen-bond donors (Lipinski definition) is 1. The summed E-state index contributed by atoms with van der Waals surface area (Å²) in [5, 5.41) is 11.9. The predicted molar refractivity (Wildman–Crippen MR) is 117 cm³/mol. The molecule has 2 aliphatic rings. The van der Waals surface area contributed by atoms with Gasteiger partial charge < -0.3 is 24.6 Å². The number of halogens is 3. The van der Waals surface area contributed by atoms with E-state index in [0.717, 1.165) is 18.9 Å². The molecule has 1 atom stereocenters. The number of benzene rings is 1. The van der Waals surface area contributed by atoms with Crippen LogP contribution in [-0.4, -0.2) is 70.6 Å². The standard InChI is InChI=1S/C23H31F3N4O3/c1-3-28-21(31)29-8-6-22(7-9-29)16-30(14-18(22)15-33-11-10-32-2)19-5-4-17(13-27)20(12-19)23(24,25)26/h4-5,12,18H,3,6-11,14-16H2,1-2H3,(H,28,31). The van der Waals surface area contributed by atoms with Crippen LogP contribution in [0.25, 0.3) is 0 Å². The van der Waals surface area contributed by atoms with Gasteiger partial charge in [0.25, 0.3) is 0 Å². The number of carbonyl (C=O) groups is 1. The van der Waals surface area contributed by atoms with Gasteiger partial charge in [0.1, 0.15) is 0 Å². The van der Waals surface area contributed by atoms with Crippen LogP contribution in [0.15, 0.2) is 18.2 Å². The third kappa shape index (κ3) is 5.71. The molecule has 0 radical (unpaired) electrons. The first-order valence-corrected chi connectivity index (χ1v) is 11.2. The van der Waals surface area contributed by atoms with Crippen molar-refractivity contribution in [2.45, 2.75) is 25.9 Å². The number of nitriles is 1. The molecule has 0 bridgehead atoms. The topological polar surface area (TPSA) is 77.8 Å². The number of rotatable bonds is 7. The van der Waals surface area contributed by atoms with E-state index in [2.05, 4.69) is 5.32 Å². The van der Waals surface area contributed by atoms with Gasteiger partial charge in [-0.15, -0.1) is 0 Å². The van der Waals surface area contributed by atoms with E-state index in [1.54, 1.807) is 24.1 Å². The zero-order valence-corrected chi connectivity index (χ0v) is 19.1. The van der Waals surface area contributed by atoms with Crippen molar-refractivity contribution in [3.8, 4) is 6.07 Å². The summed E-state index contributed by atoms with van der Waals surface area (Å²) in [6.45, 7) is 6.15. The van der Waals surface area contributed by atoms with Gasteiger partial charge in [-0.3, -0.25) is 0 Å². The van der Waals surface area contributed by atoms with Gasteiger partial charge in [0, 0.05) is 51.4 Å². The third-order valence-corrected chi connectivity index (χ3v) is 6.73. The Bertz CT molecular complexity index is 863. The molecule has 2 heterocycles. The summed E-state index contributed by atoms with van der Waals surface area (Å²) in [6, 6.07) is 5.45. The molecule has 3 rings (SSSR count). The minimum Gasteiger partial charge on any atom is -0.382 e. The number of carbonyl (C=O) groups excluding carboxylic acids is 1. The second-order valence-electron chi connectivity index (χ2n) is 8.67. The van der Waals surface area contributed by atoms with Crippen molar-refractivity contribution < 1.29 is 27.4 Å². The zero-order chi connectivity index (χ0) is 24.1. The molecular formula is C23H31F3N4O3. The molecule has 182 valence electrons. The molecular weight excluding hydrogens is 437 g/mol. The lowest BCUT2D eigenvalue weighted by Crippen LogP contribution is -2.50. The Kier molecular flexibility index (Phi) is 8.08. The first-order chi connectivity index (χ1) is 15.7. The lowest BCUT2D eigenvalue weighted by Gasteiger charge is -2.42. The number of methoxy groups -OCH3 is 1. The summed E-state index contributed by atoms with van der Waals surface area (Å²) in [5.74, 6) is 0.107. The second-order valence-corrected chi connectivity index (χ2v) is 8.67. The van der Waals surface area contributed by atoms with Crippen LogP contribution < -0.4 is 10.2 Å². The van der Waals surface area contributed by atoms with Crippen LogP contribution in [0.4, 0.5) is 23.7 Å². The lowest BCUT2D eigenvalue weighted by molar-refractivity contribution is -0.137. The fraction of sp³-hybridized carbons (Fsp3) is 0.652. The second kappa shape index (κ2) is 10.6. The van der Waals surface area contributed by atoms with Crippen molar-refractivity contribution >= 4 is 11.7 Å². The molecule has 33 heavy (non-hydrogen) atoms. The Morgan fingerprint density at radius 2 is 2.03 bits per heavy atom. The summed E-state index contributed by atoms with van der Waals surface area (Å²) in [5.41, 5.74) is -1.01. The highest BCUT2D eigenvalue weighted by Crippen LogP contribution is 2.47. The molecule has 2 fully saturated rings. The van der Waals surface area contributed by atoms with E-state index in [4.69, 9.17) is 14.7 Å². The van der Waals surface area contributed by atoms with Gasteiger partial charge in [0.2, 0.25) is 0 Å². The van der Waals surface area contributed by atoms with E-state index in [1.165, 1.54) is 6.07 Å². The first kappa shape index (κ1) is 25.1. The highest BCUT2D eigenvalue weighted by Gasteiger charge is 2.49. The van der Waals surface area contributed by atoms with E-state index in [-0.39, 0.29) is 22.9 Å². The molecule has 2 saturated heterocycles. The summed E-state index contributed by atoms with van der Waals surface area (Å²) in [6.07, 6.45) is -3.10. The molecule has 1 spiro atoms. The van der Waals surface area contributed by atoms with Crippen LogP contribution in [0.5, 0.6) is 0 Å². The van der Waals surface area contributed by atoms with Crippen molar-refractivity contribution in [3.05, 3.63) is 29.3 Å². The summed E-state index contributed by atoms with van der Waals surface area (Å²) >= 11 is 0. The smallest absolute Gasteiger partial charge is 0.382 e. The van der Waals surface area contributed by atoms with Gasteiger partial charge >= 0.3 is 12.2 Å². The lowest BCUT2D eigenvalue weighted by atomic mass is 9.71. The van der Waals surface area contributed by atoms with Gasteiger partial charge in [0.05, 0.1) is 37.0 Å². The minimum atomic E-state index is -4.60. The van der Waals surface area contributed by atoms with E-state index in [0.29, 0.717) is 58.2 Å². The largest absolute Gasteiger partial charge is 0.417 e. The number of nitrogens with zero attached hydrogens (tertiary/aromatic N) is 3. The third-order valence-electron chi connectivity index (χ3n) is 6.73. The van der Waals surface area contributed by atoms with Crippen LogP contribution in [0.2, 0.25) is 0 Å². The quantitative estimate of drug-likeness (QED) is 0.620. The fourth-order valence-corrected chi connectivity index (χ4v) is 4.87. The number of anilines is 1. The maximum absolute atomic E-state index is 13.5. The van der Waals surface area contributed by atoms with E-state index in [9.17, 15) is 18.0 Å². The van der Waals surface area contributed by atoms with Gasteiger partial charge in [-0.2, -0.15) is 18.4 Å². The Morgan fingerprint density at radius 1 is 1.30 bits per heavy atom. The zero-order valence-electron chi connectivity index (χ0n) is 19.1. The monoisotopic (exact) mass is 468 g/mol. The number of nitrogens with one attached hydrogen (secondary N) is 1. The number of hydrogen-bond acceptors (Lipinski definition) is 5. The van der Waals surface area contributed by atoms with E-state index < -0.39 is 11.7 Å². The van der Waals surface area contributed by atoms with Crippen LogP contribution in [0.1, 0.15) is 30.9 Å². The van der Waals surface area contributed by atoms with Gasteiger partial charge in [0.15, 0.2) is 0 Å². The van der Waals surface area contributed by atoms with Crippen LogP contribution >= 0.6 is 0 Å². The van der Waals surface area contributed by atoms with E-state index in [1.807, 2.05) is 11.8 Å². The van der Waals surface area contributed by atoms with Crippen LogP contribution in [-0.2, 0) is 15.7 Å². The Labute approximate surface area is 192 Å². The molecule has 1 aromatic carbocycles. The van der Waals surface area contributed by atoms with Crippen molar-refractivity contribution in [2.24, 2.45) is 11.3 Å². The normalized spacial score (nSPS) is 20.2. The molecule has 0 aromatic heterocycles. The first-order valence-electron chi connectivity index (χ1n) is 11.2. The Morgan fingerprint density at radius 3 is 2.64 bits per heavy atom. The number of alkyl halides is 3. The highest BCUT2D eigenvalue weighted by molar-refractivity contribution is 5.74. The molecule has 0 saturated carbocycles. The number of likely N-dealkylation sites (tertiary alicyclic amines) is 1. The fourth-order valence-electron chi connectivity index (χ4n) is 4.87. The van der Waals surface area contributed by atoms with Crippen LogP contribution in [0.3, 0.4) is 0 Å². The average molecular weight is 469 g/mol. The van der Waals surface area contributed by atoms with Crippen molar-refractivity contribution in [3.63, 3.8) is 0 Å². The summed E-state index contributed by atoms with van der Waals surface area (Å²) in [4.78, 5) is 16.0. The van der Waals surface area contributed by atoms with Gasteiger partial charge in [-0.1, -0.05) is 0 Å². The molecule has 7 nitrogen and oxygen atoms in total. The molecule has 1 unspecified atom stereocenters. The van der Waals surface area contributed by atoms with Crippen molar-refractivity contribution in [2.75, 3.05) is 64.6 Å². The number of piperidine rings is 1. The summed E-state index contributed by atoms with van der Waals surface area (Å²) in [7, 11) is 1.60. The van der Waals surface area contributed by atoms with Gasteiger partial charge in [-0.25, -0.2) is 4.79 Å². The number of urea groups is 1.